The van der Waals surface area contributed by atoms with Gasteiger partial charge in [0.25, 0.3) is 0 Å². The van der Waals surface area contributed by atoms with Crippen molar-refractivity contribution in [3.8, 4) is 0 Å². The zero-order valence-electron chi connectivity index (χ0n) is 9.61. The Labute approximate surface area is 97.0 Å². The maximum absolute atomic E-state index is 10.4. The van der Waals surface area contributed by atoms with E-state index in [1.165, 1.54) is 25.7 Å². The van der Waals surface area contributed by atoms with E-state index in [9.17, 15) is 5.11 Å². The molecule has 15 heavy (non-hydrogen) atoms. The summed E-state index contributed by atoms with van der Waals surface area (Å²) in [5, 5.41) is 10.4. The second kappa shape index (κ2) is 4.64. The van der Waals surface area contributed by atoms with Gasteiger partial charge in [0.2, 0.25) is 0 Å². The van der Waals surface area contributed by atoms with Gasteiger partial charge in [-0.3, -0.25) is 0 Å². The third kappa shape index (κ3) is 1.94. The molecule has 0 aromatic heterocycles. The molecule has 0 aliphatic heterocycles. The van der Waals surface area contributed by atoms with Crippen LogP contribution in [-0.4, -0.2) is 29.8 Å². The number of nitrogens with two attached hydrogens (primary N) is 1. The van der Waals surface area contributed by atoms with Crippen LogP contribution in [0.2, 0.25) is 0 Å². The molecule has 3 N–H and O–H groups in total. The maximum Gasteiger partial charge on any atom is 0.0619 e. The van der Waals surface area contributed by atoms with E-state index < -0.39 is 0 Å². The van der Waals surface area contributed by atoms with E-state index in [0.29, 0.717) is 12.5 Å². The summed E-state index contributed by atoms with van der Waals surface area (Å²) in [6.07, 6.45) is 8.05. The lowest BCUT2D eigenvalue weighted by Crippen LogP contribution is -2.46. The first-order valence-electron chi connectivity index (χ1n) is 6.10. The molecular formula is C12H23NOS. The predicted octanol–water partition coefficient (Wildman–Crippen LogP) is 1.87. The molecule has 3 heteroatoms. The molecule has 2 bridgehead atoms. The molecule has 0 aromatic rings. The van der Waals surface area contributed by atoms with Crippen molar-refractivity contribution in [2.75, 3.05) is 18.6 Å². The van der Waals surface area contributed by atoms with Crippen LogP contribution in [0, 0.1) is 17.3 Å². The molecule has 2 nitrogen and oxygen atoms in total. The van der Waals surface area contributed by atoms with Gasteiger partial charge in [0.05, 0.1) is 6.10 Å². The minimum absolute atomic E-state index is 0.0820. The summed E-state index contributed by atoms with van der Waals surface area (Å²) in [5.41, 5.74) is 6.04. The summed E-state index contributed by atoms with van der Waals surface area (Å²) in [4.78, 5) is 0. The van der Waals surface area contributed by atoms with Crippen molar-refractivity contribution in [1.82, 2.24) is 0 Å². The lowest BCUT2D eigenvalue weighted by atomic mass is 9.68. The third-order valence-electron chi connectivity index (χ3n) is 4.66. The third-order valence-corrected chi connectivity index (χ3v) is 5.31. The first kappa shape index (κ1) is 11.7. The summed E-state index contributed by atoms with van der Waals surface area (Å²) in [6, 6.07) is 0. The van der Waals surface area contributed by atoms with Gasteiger partial charge in [-0.05, 0) is 49.5 Å². The largest absolute Gasteiger partial charge is 0.392 e. The molecule has 0 radical (unpaired) electrons. The van der Waals surface area contributed by atoms with Crippen molar-refractivity contribution >= 4 is 11.8 Å². The lowest BCUT2D eigenvalue weighted by Gasteiger charge is -2.41. The Balaban J connectivity index is 2.02. The number of aliphatic hydroxyl groups is 1. The Morgan fingerprint density at radius 1 is 1.53 bits per heavy atom. The average molecular weight is 229 g/mol. The van der Waals surface area contributed by atoms with Crippen LogP contribution in [0.5, 0.6) is 0 Å². The second-order valence-electron chi connectivity index (χ2n) is 5.31. The van der Waals surface area contributed by atoms with Crippen LogP contribution in [0.1, 0.15) is 32.1 Å². The van der Waals surface area contributed by atoms with Crippen molar-refractivity contribution in [2.24, 2.45) is 23.0 Å². The molecule has 0 saturated heterocycles. The van der Waals surface area contributed by atoms with Crippen LogP contribution in [0.25, 0.3) is 0 Å². The lowest BCUT2D eigenvalue weighted by molar-refractivity contribution is -0.0122. The van der Waals surface area contributed by atoms with Crippen LogP contribution < -0.4 is 5.73 Å². The van der Waals surface area contributed by atoms with Gasteiger partial charge >= 0.3 is 0 Å². The molecule has 0 spiro atoms. The molecule has 0 aromatic carbocycles. The van der Waals surface area contributed by atoms with Crippen LogP contribution in [0.15, 0.2) is 0 Å². The number of aliphatic hydroxyl groups excluding tert-OH is 1. The average Bonchev–Trinajstić information content (AvgIpc) is 2.85. The Morgan fingerprint density at radius 3 is 2.80 bits per heavy atom. The van der Waals surface area contributed by atoms with Gasteiger partial charge in [-0.1, -0.05) is 6.42 Å². The molecular weight excluding hydrogens is 206 g/mol. The molecule has 2 aliphatic carbocycles. The number of thioether (sulfide) groups is 1. The normalized spacial score (nSPS) is 41.0. The minimum Gasteiger partial charge on any atom is -0.392 e. The zero-order chi connectivity index (χ0) is 10.9. The van der Waals surface area contributed by atoms with Gasteiger partial charge in [0.1, 0.15) is 0 Å². The molecule has 88 valence electrons. The fourth-order valence-corrected chi connectivity index (χ4v) is 4.26. The van der Waals surface area contributed by atoms with Crippen LogP contribution in [0.3, 0.4) is 0 Å². The predicted molar refractivity (Wildman–Crippen MR) is 65.9 cm³/mol. The van der Waals surface area contributed by atoms with Crippen molar-refractivity contribution in [3.63, 3.8) is 0 Å². The highest BCUT2D eigenvalue weighted by molar-refractivity contribution is 7.98. The van der Waals surface area contributed by atoms with Crippen molar-refractivity contribution in [2.45, 2.75) is 38.2 Å². The summed E-state index contributed by atoms with van der Waals surface area (Å²) in [7, 11) is 0. The molecule has 2 fully saturated rings. The first-order valence-corrected chi connectivity index (χ1v) is 7.49. The zero-order valence-corrected chi connectivity index (χ0v) is 10.4. The molecule has 0 heterocycles. The van der Waals surface area contributed by atoms with Gasteiger partial charge in [0.15, 0.2) is 0 Å². The Bertz CT molecular complexity index is 224. The van der Waals surface area contributed by atoms with E-state index >= 15 is 0 Å². The standard InChI is InChI=1S/C12H23NOS/c1-15-5-4-11(14)12(8-13)7-9-2-3-10(12)6-9/h9-11,14H,2-8,13H2,1H3. The van der Waals surface area contributed by atoms with Gasteiger partial charge < -0.3 is 10.8 Å². The molecule has 4 unspecified atom stereocenters. The smallest absolute Gasteiger partial charge is 0.0619 e. The van der Waals surface area contributed by atoms with E-state index in [2.05, 4.69) is 6.26 Å². The first-order chi connectivity index (χ1) is 7.23. The second-order valence-corrected chi connectivity index (χ2v) is 6.30. The SMILES string of the molecule is CSCCC(O)C1(CN)CC2CCC1C2. The number of hydrogen-bond acceptors (Lipinski definition) is 3. The quantitative estimate of drug-likeness (QED) is 0.756. The van der Waals surface area contributed by atoms with Gasteiger partial charge in [0, 0.05) is 12.0 Å². The highest BCUT2D eigenvalue weighted by atomic mass is 32.2. The molecule has 2 rings (SSSR count). The monoisotopic (exact) mass is 229 g/mol. The van der Waals surface area contributed by atoms with E-state index in [1.54, 1.807) is 0 Å². The molecule has 2 saturated carbocycles. The van der Waals surface area contributed by atoms with Gasteiger partial charge in [-0.2, -0.15) is 11.8 Å². The number of hydrogen-bond donors (Lipinski definition) is 2. The minimum atomic E-state index is -0.162. The van der Waals surface area contributed by atoms with Crippen molar-refractivity contribution in [1.29, 1.82) is 0 Å². The van der Waals surface area contributed by atoms with E-state index in [1.807, 2.05) is 11.8 Å². The Kier molecular flexibility index (Phi) is 3.63. The van der Waals surface area contributed by atoms with E-state index in [-0.39, 0.29) is 11.5 Å². The summed E-state index contributed by atoms with van der Waals surface area (Å²) in [5.74, 6) is 2.63. The fourth-order valence-electron chi connectivity index (χ4n) is 3.80. The number of rotatable bonds is 5. The van der Waals surface area contributed by atoms with Crippen molar-refractivity contribution < 1.29 is 5.11 Å². The molecule has 4 atom stereocenters. The summed E-state index contributed by atoms with van der Waals surface area (Å²) >= 11 is 1.82. The topological polar surface area (TPSA) is 46.2 Å². The highest BCUT2D eigenvalue weighted by Gasteiger charge is 2.53. The number of fused-ring (bicyclic) bond motifs is 2. The van der Waals surface area contributed by atoms with Gasteiger partial charge in [-0.25, -0.2) is 0 Å². The van der Waals surface area contributed by atoms with Crippen LogP contribution >= 0.6 is 11.8 Å². The molecule has 0 amide bonds. The van der Waals surface area contributed by atoms with Crippen molar-refractivity contribution in [3.05, 3.63) is 0 Å². The van der Waals surface area contributed by atoms with E-state index in [0.717, 1.165) is 18.1 Å². The fraction of sp³-hybridized carbons (Fsp3) is 1.00. The van der Waals surface area contributed by atoms with E-state index in [4.69, 9.17) is 5.73 Å². The summed E-state index contributed by atoms with van der Waals surface area (Å²) in [6.45, 7) is 0.684. The van der Waals surface area contributed by atoms with Crippen LogP contribution in [-0.2, 0) is 0 Å². The van der Waals surface area contributed by atoms with Gasteiger partial charge in [-0.15, -0.1) is 0 Å². The summed E-state index contributed by atoms with van der Waals surface area (Å²) < 4.78 is 0. The Hall–Kier alpha value is 0.270. The Morgan fingerprint density at radius 2 is 2.33 bits per heavy atom. The van der Waals surface area contributed by atoms with Crippen LogP contribution in [0.4, 0.5) is 0 Å². The molecule has 2 aliphatic rings. The highest BCUT2D eigenvalue weighted by Crippen LogP contribution is 2.57. The maximum atomic E-state index is 10.4.